The van der Waals surface area contributed by atoms with Crippen molar-refractivity contribution in [2.24, 2.45) is 11.7 Å². The van der Waals surface area contributed by atoms with Gasteiger partial charge in [0.15, 0.2) is 5.78 Å². The number of fused-ring (bicyclic) bond motifs is 1. The van der Waals surface area contributed by atoms with Crippen LogP contribution in [0.3, 0.4) is 0 Å². The lowest BCUT2D eigenvalue weighted by Crippen LogP contribution is -2.24. The van der Waals surface area contributed by atoms with Crippen LogP contribution >= 0.6 is 0 Å². The van der Waals surface area contributed by atoms with Crippen molar-refractivity contribution in [2.75, 3.05) is 0 Å². The monoisotopic (exact) mass is 447 g/mol. The zero-order valence-corrected chi connectivity index (χ0v) is 18.3. The maximum absolute atomic E-state index is 13.9. The van der Waals surface area contributed by atoms with Crippen molar-refractivity contribution >= 4 is 22.8 Å². The summed E-state index contributed by atoms with van der Waals surface area (Å²) in [5.74, 6) is 0.370. The van der Waals surface area contributed by atoms with E-state index in [0.29, 0.717) is 17.3 Å². The Bertz CT molecular complexity index is 1220. The number of nitrogens with zero attached hydrogens (tertiary/aromatic N) is 2. The van der Waals surface area contributed by atoms with E-state index in [1.54, 1.807) is 24.4 Å². The summed E-state index contributed by atoms with van der Waals surface area (Å²) in [6.45, 7) is -0.0427. The number of primary amides is 1. The Labute approximate surface area is 191 Å². The molecule has 2 aromatic heterocycles. The third-order valence-corrected chi connectivity index (χ3v) is 6.87. The topological polar surface area (TPSA) is 95.2 Å². The molecule has 2 heterocycles. The van der Waals surface area contributed by atoms with Crippen LogP contribution in [-0.4, -0.2) is 21.8 Å². The minimum atomic E-state index is -0.863. The van der Waals surface area contributed by atoms with E-state index in [2.05, 4.69) is 9.97 Å². The summed E-state index contributed by atoms with van der Waals surface area (Å²) < 4.78 is 18.7. The van der Waals surface area contributed by atoms with Crippen molar-refractivity contribution in [1.29, 1.82) is 0 Å². The maximum Gasteiger partial charge on any atom is 0.404 e. The van der Waals surface area contributed by atoms with Gasteiger partial charge in [0.25, 0.3) is 0 Å². The van der Waals surface area contributed by atoms with Gasteiger partial charge in [0, 0.05) is 17.5 Å². The number of rotatable bonds is 6. The van der Waals surface area contributed by atoms with Gasteiger partial charge in [-0.1, -0.05) is 6.07 Å². The molecular weight excluding hydrogens is 421 g/mol. The number of pyridine rings is 2. The van der Waals surface area contributed by atoms with Crippen LogP contribution < -0.4 is 5.73 Å². The van der Waals surface area contributed by atoms with Crippen LogP contribution in [0.4, 0.5) is 9.18 Å². The predicted octanol–water partition coefficient (Wildman–Crippen LogP) is 5.40. The van der Waals surface area contributed by atoms with Gasteiger partial charge >= 0.3 is 6.09 Å². The Hall–Kier alpha value is -3.35. The number of amides is 1. The zero-order chi connectivity index (χ0) is 22.9. The third kappa shape index (κ3) is 4.58. The number of benzene rings is 1. The molecule has 0 atom stereocenters. The van der Waals surface area contributed by atoms with Gasteiger partial charge in [-0.05, 0) is 91.8 Å². The summed E-state index contributed by atoms with van der Waals surface area (Å²) in [6, 6.07) is 10.4. The first-order valence-electron chi connectivity index (χ1n) is 11.5. The molecule has 2 saturated carbocycles. The van der Waals surface area contributed by atoms with E-state index in [1.807, 2.05) is 12.1 Å². The van der Waals surface area contributed by atoms with Crippen LogP contribution in [0, 0.1) is 11.7 Å². The van der Waals surface area contributed by atoms with Gasteiger partial charge in [0.1, 0.15) is 18.1 Å². The van der Waals surface area contributed by atoms with Gasteiger partial charge in [-0.15, -0.1) is 0 Å². The first kappa shape index (κ1) is 21.5. The molecule has 6 nitrogen and oxygen atoms in total. The fourth-order valence-corrected chi connectivity index (χ4v) is 5.01. The minimum Gasteiger partial charge on any atom is -0.443 e. The second-order valence-electron chi connectivity index (χ2n) is 9.10. The quantitative estimate of drug-likeness (QED) is 0.511. The highest BCUT2D eigenvalue weighted by atomic mass is 19.1. The number of carbonyl (C=O) groups excluding carboxylic acids is 2. The fourth-order valence-electron chi connectivity index (χ4n) is 5.01. The molecule has 0 unspecified atom stereocenters. The second kappa shape index (κ2) is 8.89. The van der Waals surface area contributed by atoms with Crippen molar-refractivity contribution in [3.63, 3.8) is 0 Å². The Morgan fingerprint density at radius 1 is 0.970 bits per heavy atom. The molecule has 0 spiro atoms. The van der Waals surface area contributed by atoms with E-state index >= 15 is 0 Å². The molecule has 0 saturated heterocycles. The molecular formula is C26H26FN3O3. The highest BCUT2D eigenvalue weighted by Gasteiger charge is 2.34. The number of aromatic nitrogens is 2. The van der Waals surface area contributed by atoms with E-state index in [0.717, 1.165) is 60.6 Å². The van der Waals surface area contributed by atoms with E-state index < -0.39 is 6.09 Å². The SMILES string of the molecule is NC(=O)OCc1ccc(C2CC2)c(C(=O)C2CCC(c3ccnc4ccc(F)cc34)CC2)n1. The van der Waals surface area contributed by atoms with Crippen molar-refractivity contribution in [3.8, 4) is 0 Å². The molecule has 1 amide bonds. The molecule has 2 aliphatic rings. The predicted molar refractivity (Wildman–Crippen MR) is 121 cm³/mol. The first-order valence-corrected chi connectivity index (χ1v) is 11.5. The molecule has 0 bridgehead atoms. The largest absolute Gasteiger partial charge is 0.443 e. The number of hydrogen-bond acceptors (Lipinski definition) is 5. The first-order chi connectivity index (χ1) is 16.0. The molecule has 0 radical (unpaired) electrons. The van der Waals surface area contributed by atoms with Crippen LogP contribution in [0.5, 0.6) is 0 Å². The number of ether oxygens (including phenoxy) is 1. The van der Waals surface area contributed by atoms with Gasteiger partial charge in [0.05, 0.1) is 11.2 Å². The Morgan fingerprint density at radius 3 is 2.42 bits per heavy atom. The van der Waals surface area contributed by atoms with Crippen LogP contribution in [0.1, 0.15) is 77.7 Å². The summed E-state index contributed by atoms with van der Waals surface area (Å²) in [5.41, 5.74) is 9.01. The smallest absolute Gasteiger partial charge is 0.404 e. The summed E-state index contributed by atoms with van der Waals surface area (Å²) in [5, 5.41) is 0.854. The van der Waals surface area contributed by atoms with E-state index in [4.69, 9.17) is 10.5 Å². The lowest BCUT2D eigenvalue weighted by molar-refractivity contribution is 0.0877. The van der Waals surface area contributed by atoms with E-state index in [-0.39, 0.29) is 30.0 Å². The molecule has 1 aromatic carbocycles. The normalized spacial score (nSPS) is 20.5. The lowest BCUT2D eigenvalue weighted by atomic mass is 9.75. The fraction of sp³-hybridized carbons (Fsp3) is 0.385. The van der Waals surface area contributed by atoms with E-state index in [1.165, 1.54) is 6.07 Å². The number of hydrogen-bond donors (Lipinski definition) is 1. The number of ketones is 1. The van der Waals surface area contributed by atoms with Crippen LogP contribution in [0.25, 0.3) is 10.9 Å². The van der Waals surface area contributed by atoms with E-state index in [9.17, 15) is 14.0 Å². The van der Waals surface area contributed by atoms with Crippen molar-refractivity contribution in [1.82, 2.24) is 9.97 Å². The van der Waals surface area contributed by atoms with Crippen LogP contribution in [0.15, 0.2) is 42.6 Å². The summed E-state index contributed by atoms with van der Waals surface area (Å²) >= 11 is 0. The molecule has 2 aliphatic carbocycles. The molecule has 3 aromatic rings. The van der Waals surface area contributed by atoms with Crippen molar-refractivity contribution in [2.45, 2.75) is 57.0 Å². The molecule has 2 N–H and O–H groups in total. The summed E-state index contributed by atoms with van der Waals surface area (Å²) in [4.78, 5) is 33.4. The van der Waals surface area contributed by atoms with Gasteiger partial charge in [-0.2, -0.15) is 0 Å². The zero-order valence-electron chi connectivity index (χ0n) is 18.3. The molecule has 0 aliphatic heterocycles. The summed E-state index contributed by atoms with van der Waals surface area (Å²) in [6.07, 6.45) is 6.28. The van der Waals surface area contributed by atoms with Gasteiger partial charge in [0.2, 0.25) is 0 Å². The van der Waals surface area contributed by atoms with Crippen molar-refractivity contribution < 1.29 is 18.7 Å². The minimum absolute atomic E-state index is 0.0427. The van der Waals surface area contributed by atoms with Crippen molar-refractivity contribution in [3.05, 3.63) is 70.9 Å². The molecule has 7 heteroatoms. The highest BCUT2D eigenvalue weighted by molar-refractivity contribution is 5.98. The number of Topliss-reactive ketones (excluding diaryl/α,β-unsaturated/α-hetero) is 1. The lowest BCUT2D eigenvalue weighted by Gasteiger charge is -2.29. The van der Waals surface area contributed by atoms with Crippen LogP contribution in [0.2, 0.25) is 0 Å². The average molecular weight is 448 g/mol. The molecule has 170 valence electrons. The Kier molecular flexibility index (Phi) is 5.79. The second-order valence-corrected chi connectivity index (χ2v) is 9.10. The molecule has 33 heavy (non-hydrogen) atoms. The molecule has 2 fully saturated rings. The Balaban J connectivity index is 1.33. The Morgan fingerprint density at radius 2 is 1.70 bits per heavy atom. The highest BCUT2D eigenvalue weighted by Crippen LogP contribution is 2.44. The van der Waals surface area contributed by atoms with Crippen LogP contribution in [-0.2, 0) is 11.3 Å². The number of nitrogens with two attached hydrogens (primary N) is 1. The van der Waals surface area contributed by atoms with Gasteiger partial charge < -0.3 is 10.5 Å². The number of carbonyl (C=O) groups is 2. The average Bonchev–Trinajstić information content (AvgIpc) is 3.67. The summed E-state index contributed by atoms with van der Waals surface area (Å²) in [7, 11) is 0. The number of halogens is 1. The third-order valence-electron chi connectivity index (χ3n) is 6.87. The maximum atomic E-state index is 13.9. The molecule has 5 rings (SSSR count). The standard InChI is InChI=1S/C26H26FN3O3/c27-18-7-10-23-22(13-18)20(11-12-29-23)15-3-5-17(6-4-15)25(31)24-21(16-1-2-16)9-8-19(30-24)14-33-26(28)32/h7-13,15-17H,1-6,14H2,(H2,28,32). The van der Waals surface area contributed by atoms with Gasteiger partial charge in [-0.25, -0.2) is 14.2 Å². The van der Waals surface area contributed by atoms with Gasteiger partial charge in [-0.3, -0.25) is 9.78 Å².